The predicted octanol–water partition coefficient (Wildman–Crippen LogP) is 16.3. The quantitative estimate of drug-likeness (QED) is 0.169. The summed E-state index contributed by atoms with van der Waals surface area (Å²) in [4.78, 5) is 2.46. The molecule has 0 saturated carbocycles. The van der Waals surface area contributed by atoms with Gasteiger partial charge in [-0.15, -0.1) is 11.3 Å². The Labute approximate surface area is 338 Å². The molecule has 0 amide bonds. The Balaban J connectivity index is 1.22. The fourth-order valence-corrected chi connectivity index (χ4v) is 10.1. The number of para-hydroxylation sites is 2. The molecule has 0 aliphatic rings. The second kappa shape index (κ2) is 13.1. The Morgan fingerprint density at radius 3 is 1.72 bits per heavy atom. The molecule has 0 saturated heterocycles. The molecule has 0 bridgehead atoms. The number of hydrogen-bond acceptors (Lipinski definition) is 4. The van der Waals surface area contributed by atoms with Gasteiger partial charge in [-0.25, -0.2) is 0 Å². The second-order valence-electron chi connectivity index (χ2n) is 14.8. The summed E-state index contributed by atoms with van der Waals surface area (Å²) in [6.07, 6.45) is 0. The van der Waals surface area contributed by atoms with Crippen molar-refractivity contribution in [3.05, 3.63) is 200 Å². The van der Waals surface area contributed by atoms with Crippen molar-refractivity contribution in [2.75, 3.05) is 4.90 Å². The third-order valence-corrected chi connectivity index (χ3v) is 12.6. The summed E-state index contributed by atoms with van der Waals surface area (Å²) in [5.41, 5.74) is 13.7. The van der Waals surface area contributed by atoms with Crippen molar-refractivity contribution in [3.8, 4) is 33.4 Å². The molecule has 9 aromatic carbocycles. The van der Waals surface area contributed by atoms with E-state index in [0.29, 0.717) is 0 Å². The van der Waals surface area contributed by atoms with Crippen molar-refractivity contribution < 1.29 is 8.83 Å². The molecule has 3 heterocycles. The molecule has 0 aliphatic carbocycles. The highest BCUT2D eigenvalue weighted by Gasteiger charge is 2.26. The highest BCUT2D eigenvalue weighted by Crippen LogP contribution is 2.52. The van der Waals surface area contributed by atoms with E-state index in [1.54, 1.807) is 0 Å². The third-order valence-electron chi connectivity index (χ3n) is 11.5. The number of rotatable bonds is 6. The summed E-state index contributed by atoms with van der Waals surface area (Å²) >= 11 is 1.87. The number of nitrogens with zero attached hydrogens (tertiary/aromatic N) is 1. The van der Waals surface area contributed by atoms with E-state index in [1.165, 1.54) is 42.4 Å². The van der Waals surface area contributed by atoms with Gasteiger partial charge >= 0.3 is 0 Å². The standard InChI is InChI=1S/C54H33NO2S/c1-4-14-34(15-5-1)37-24-26-43-51(32-37)58-54-40(36-18-8-3-9-19-36)27-28-45(53(43)54)55(39-25-29-49-44(33-39)41-20-10-12-22-47(41)56-49)46-30-38(35-16-6-2-7-17-35)31-50-52(46)42-21-11-13-23-48(42)57-50/h1-33H. The van der Waals surface area contributed by atoms with Crippen LogP contribution in [0.15, 0.2) is 209 Å². The first-order chi connectivity index (χ1) is 28.7. The molecule has 0 radical (unpaired) electrons. The Hall–Kier alpha value is -7.40. The average Bonchev–Trinajstić information content (AvgIpc) is 3.98. The third kappa shape index (κ3) is 5.19. The molecular formula is C54H33NO2S. The second-order valence-corrected chi connectivity index (χ2v) is 15.9. The van der Waals surface area contributed by atoms with Crippen LogP contribution in [-0.2, 0) is 0 Å². The van der Waals surface area contributed by atoms with Gasteiger partial charge < -0.3 is 13.7 Å². The van der Waals surface area contributed by atoms with Gasteiger partial charge in [-0.3, -0.25) is 0 Å². The SMILES string of the molecule is c1ccc(-c2cc(N(c3ccc4oc5ccccc5c4c3)c3ccc(-c4ccccc4)c4sc5cc(-c6ccccc6)ccc5c34)c3c(c2)oc2ccccc23)cc1. The maximum absolute atomic E-state index is 6.73. The summed E-state index contributed by atoms with van der Waals surface area (Å²) in [6.45, 7) is 0. The minimum atomic E-state index is 0.845. The Morgan fingerprint density at radius 2 is 0.966 bits per heavy atom. The molecule has 0 spiro atoms. The van der Waals surface area contributed by atoms with Crippen LogP contribution < -0.4 is 4.90 Å². The molecule has 0 aliphatic heterocycles. The van der Waals surface area contributed by atoms with E-state index < -0.39 is 0 Å². The van der Waals surface area contributed by atoms with E-state index in [0.717, 1.165) is 72.1 Å². The van der Waals surface area contributed by atoms with Gasteiger partial charge in [0.25, 0.3) is 0 Å². The molecule has 58 heavy (non-hydrogen) atoms. The molecule has 272 valence electrons. The topological polar surface area (TPSA) is 29.5 Å². The lowest BCUT2D eigenvalue weighted by Gasteiger charge is -2.28. The van der Waals surface area contributed by atoms with Gasteiger partial charge in [0.15, 0.2) is 0 Å². The van der Waals surface area contributed by atoms with Crippen molar-refractivity contribution in [1.82, 2.24) is 0 Å². The maximum atomic E-state index is 6.73. The van der Waals surface area contributed by atoms with Crippen molar-refractivity contribution in [2.24, 2.45) is 0 Å². The van der Waals surface area contributed by atoms with Crippen molar-refractivity contribution in [2.45, 2.75) is 0 Å². The number of fused-ring (bicyclic) bond motifs is 9. The van der Waals surface area contributed by atoms with Crippen LogP contribution in [0.3, 0.4) is 0 Å². The number of hydrogen-bond donors (Lipinski definition) is 0. The van der Waals surface area contributed by atoms with E-state index in [4.69, 9.17) is 8.83 Å². The molecule has 4 heteroatoms. The number of thiophene rings is 1. The van der Waals surface area contributed by atoms with Gasteiger partial charge in [0, 0.05) is 42.0 Å². The zero-order chi connectivity index (χ0) is 38.2. The fraction of sp³-hybridized carbons (Fsp3) is 0. The summed E-state index contributed by atoms with van der Waals surface area (Å²) in [5.74, 6) is 0. The van der Waals surface area contributed by atoms with Gasteiger partial charge in [-0.1, -0.05) is 146 Å². The molecule has 3 nitrogen and oxygen atoms in total. The van der Waals surface area contributed by atoms with Crippen molar-refractivity contribution in [1.29, 1.82) is 0 Å². The van der Waals surface area contributed by atoms with Gasteiger partial charge in [-0.2, -0.15) is 0 Å². The van der Waals surface area contributed by atoms with Crippen LogP contribution in [0.2, 0.25) is 0 Å². The lowest BCUT2D eigenvalue weighted by molar-refractivity contribution is 0.668. The van der Waals surface area contributed by atoms with Crippen LogP contribution in [0.5, 0.6) is 0 Å². The first kappa shape index (κ1) is 32.8. The maximum Gasteiger partial charge on any atom is 0.138 e. The summed E-state index contributed by atoms with van der Waals surface area (Å²) < 4.78 is 15.6. The van der Waals surface area contributed by atoms with Gasteiger partial charge in [0.1, 0.15) is 22.3 Å². The Bertz CT molecular complexity index is 3510. The lowest BCUT2D eigenvalue weighted by Crippen LogP contribution is -2.11. The summed E-state index contributed by atoms with van der Waals surface area (Å²) in [7, 11) is 0. The van der Waals surface area contributed by atoms with Gasteiger partial charge in [-0.05, 0) is 88.0 Å². The van der Waals surface area contributed by atoms with Gasteiger partial charge in [0.05, 0.1) is 16.8 Å². The predicted molar refractivity (Wildman–Crippen MR) is 245 cm³/mol. The number of benzene rings is 9. The average molecular weight is 760 g/mol. The zero-order valence-corrected chi connectivity index (χ0v) is 32.0. The van der Waals surface area contributed by atoms with E-state index in [-0.39, 0.29) is 0 Å². The van der Waals surface area contributed by atoms with Gasteiger partial charge in [0.2, 0.25) is 0 Å². The minimum absolute atomic E-state index is 0.845. The normalized spacial score (nSPS) is 11.8. The molecule has 12 rings (SSSR count). The summed E-state index contributed by atoms with van der Waals surface area (Å²) in [6, 6.07) is 71.5. The molecule has 0 atom stereocenters. The monoisotopic (exact) mass is 759 g/mol. The molecule has 0 unspecified atom stereocenters. The first-order valence-corrected chi connectivity index (χ1v) is 20.4. The zero-order valence-electron chi connectivity index (χ0n) is 31.2. The van der Waals surface area contributed by atoms with Crippen LogP contribution >= 0.6 is 11.3 Å². The highest BCUT2D eigenvalue weighted by molar-refractivity contribution is 7.26. The van der Waals surface area contributed by atoms with Crippen LogP contribution in [0.4, 0.5) is 17.1 Å². The number of furan rings is 2. The summed E-state index contributed by atoms with van der Waals surface area (Å²) in [5, 5.41) is 6.75. The van der Waals surface area contributed by atoms with Crippen LogP contribution in [-0.4, -0.2) is 0 Å². The Kier molecular flexibility index (Phi) is 7.40. The van der Waals surface area contributed by atoms with Crippen LogP contribution in [0, 0.1) is 0 Å². The van der Waals surface area contributed by atoms with Crippen molar-refractivity contribution in [3.63, 3.8) is 0 Å². The molecule has 12 aromatic rings. The minimum Gasteiger partial charge on any atom is -0.456 e. The lowest BCUT2D eigenvalue weighted by atomic mass is 9.97. The smallest absolute Gasteiger partial charge is 0.138 e. The Morgan fingerprint density at radius 1 is 0.345 bits per heavy atom. The molecule has 0 fully saturated rings. The number of anilines is 3. The van der Waals surface area contributed by atoms with E-state index >= 15 is 0 Å². The van der Waals surface area contributed by atoms with E-state index in [9.17, 15) is 0 Å². The fourth-order valence-electron chi connectivity index (χ4n) is 8.77. The largest absolute Gasteiger partial charge is 0.456 e. The highest BCUT2D eigenvalue weighted by atomic mass is 32.1. The van der Waals surface area contributed by atoms with Crippen LogP contribution in [0.1, 0.15) is 0 Å². The molecular weight excluding hydrogens is 727 g/mol. The van der Waals surface area contributed by atoms with Crippen LogP contribution in [0.25, 0.3) is 97.4 Å². The molecule has 3 aromatic heterocycles. The van der Waals surface area contributed by atoms with Crippen molar-refractivity contribution >= 4 is 92.4 Å². The first-order valence-electron chi connectivity index (χ1n) is 19.6. The van der Waals surface area contributed by atoms with E-state index in [2.05, 4.69) is 187 Å². The van der Waals surface area contributed by atoms with E-state index in [1.807, 2.05) is 29.5 Å². The molecule has 0 N–H and O–H groups in total.